The zero-order valence-corrected chi connectivity index (χ0v) is 16.7. The molecule has 0 saturated carbocycles. The Morgan fingerprint density at radius 1 is 1.11 bits per heavy atom. The third-order valence-electron chi connectivity index (χ3n) is 5.40. The van der Waals surface area contributed by atoms with Crippen LogP contribution in [0.4, 0.5) is 5.69 Å². The van der Waals surface area contributed by atoms with Gasteiger partial charge < -0.3 is 10.2 Å². The fourth-order valence-electron chi connectivity index (χ4n) is 3.81. The van der Waals surface area contributed by atoms with Gasteiger partial charge in [-0.3, -0.25) is 4.79 Å². The predicted molar refractivity (Wildman–Crippen MR) is 113 cm³/mol. The van der Waals surface area contributed by atoms with Gasteiger partial charge in [-0.2, -0.15) is 0 Å². The molecule has 3 aromatic rings. The maximum atomic E-state index is 12.6. The van der Waals surface area contributed by atoms with Gasteiger partial charge in [0, 0.05) is 24.7 Å². The van der Waals surface area contributed by atoms with E-state index in [1.165, 1.54) is 20.8 Å². The molecule has 0 atom stereocenters. The lowest BCUT2D eigenvalue weighted by molar-refractivity contribution is -0.130. The summed E-state index contributed by atoms with van der Waals surface area (Å²) < 4.78 is 1.25. The molecular weight excluding hydrogens is 354 g/mol. The summed E-state index contributed by atoms with van der Waals surface area (Å²) in [5.74, 6) is 0.651. The zero-order chi connectivity index (χ0) is 18.8. The largest absolute Gasteiger partial charge is 0.376 e. The molecule has 2 aromatic carbocycles. The van der Waals surface area contributed by atoms with Gasteiger partial charge in [0.25, 0.3) is 0 Å². The van der Waals surface area contributed by atoms with Gasteiger partial charge in [0.15, 0.2) is 0 Å². The molecule has 4 rings (SSSR count). The number of amides is 1. The number of likely N-dealkylation sites (tertiary alicyclic amines) is 1. The number of benzene rings is 2. The number of aromatic nitrogens is 1. The van der Waals surface area contributed by atoms with Crippen LogP contribution in [0.2, 0.25) is 0 Å². The molecule has 1 fully saturated rings. The summed E-state index contributed by atoms with van der Waals surface area (Å²) in [4.78, 5) is 19.4. The molecule has 0 radical (unpaired) electrons. The second kappa shape index (κ2) is 7.69. The number of anilines is 1. The maximum absolute atomic E-state index is 12.6. The number of fused-ring (bicyclic) bond motifs is 1. The Bertz CT molecular complexity index is 904. The second-order valence-electron chi connectivity index (χ2n) is 7.30. The highest BCUT2D eigenvalue weighted by Gasteiger charge is 2.25. The number of hydrogen-bond donors (Lipinski definition) is 1. The highest BCUT2D eigenvalue weighted by molar-refractivity contribution is 7.18. The van der Waals surface area contributed by atoms with Crippen LogP contribution in [-0.4, -0.2) is 35.4 Å². The molecule has 1 aromatic heterocycles. The van der Waals surface area contributed by atoms with E-state index >= 15 is 0 Å². The van der Waals surface area contributed by atoms with Gasteiger partial charge in [0.1, 0.15) is 0 Å². The van der Waals surface area contributed by atoms with Crippen molar-refractivity contribution in [3.8, 4) is 0 Å². The molecule has 4 nitrogen and oxygen atoms in total. The van der Waals surface area contributed by atoms with Crippen LogP contribution < -0.4 is 5.32 Å². The third kappa shape index (κ3) is 3.83. The molecule has 1 aliphatic heterocycles. The first-order chi connectivity index (χ1) is 13.1. The zero-order valence-electron chi connectivity index (χ0n) is 15.9. The predicted octanol–water partition coefficient (Wildman–Crippen LogP) is 4.73. The summed E-state index contributed by atoms with van der Waals surface area (Å²) in [6, 6.07) is 14.5. The normalized spacial score (nSPS) is 15.3. The van der Waals surface area contributed by atoms with Crippen LogP contribution in [0.3, 0.4) is 0 Å². The average molecular weight is 380 g/mol. The van der Waals surface area contributed by atoms with Crippen molar-refractivity contribution in [2.24, 2.45) is 0 Å². The van der Waals surface area contributed by atoms with Crippen molar-refractivity contribution in [1.82, 2.24) is 9.88 Å². The minimum Gasteiger partial charge on any atom is -0.376 e. The van der Waals surface area contributed by atoms with Gasteiger partial charge >= 0.3 is 0 Å². The molecular formula is C22H25N3OS. The van der Waals surface area contributed by atoms with Gasteiger partial charge in [-0.15, -0.1) is 11.3 Å². The van der Waals surface area contributed by atoms with Crippen LogP contribution in [0.15, 0.2) is 42.5 Å². The van der Waals surface area contributed by atoms with Crippen LogP contribution in [0.5, 0.6) is 0 Å². The molecule has 1 aliphatic rings. The number of thiazole rings is 1. The smallest absolute Gasteiger partial charge is 0.241 e. The van der Waals surface area contributed by atoms with E-state index in [0.717, 1.165) is 37.1 Å². The lowest BCUT2D eigenvalue weighted by Crippen LogP contribution is -2.41. The number of aryl methyl sites for hydroxylation is 2. The lowest BCUT2D eigenvalue weighted by Gasteiger charge is -2.31. The number of nitrogens with zero attached hydrogens (tertiary/aromatic N) is 2. The SMILES string of the molecule is Cc1cccc(C)c1NCC(=O)N1CCC(c2nc3ccccc3s2)CC1. The molecule has 2 heterocycles. The highest BCUT2D eigenvalue weighted by atomic mass is 32.1. The van der Waals surface area contributed by atoms with Crippen molar-refractivity contribution in [3.63, 3.8) is 0 Å². The monoisotopic (exact) mass is 379 g/mol. The molecule has 140 valence electrons. The van der Waals surface area contributed by atoms with E-state index in [-0.39, 0.29) is 5.91 Å². The van der Waals surface area contributed by atoms with E-state index in [1.54, 1.807) is 11.3 Å². The Balaban J connectivity index is 1.34. The van der Waals surface area contributed by atoms with Crippen molar-refractivity contribution >= 4 is 33.1 Å². The summed E-state index contributed by atoms with van der Waals surface area (Å²) >= 11 is 1.80. The summed E-state index contributed by atoms with van der Waals surface area (Å²) in [5, 5.41) is 4.56. The van der Waals surface area contributed by atoms with E-state index in [9.17, 15) is 4.79 Å². The minimum absolute atomic E-state index is 0.181. The Kier molecular flexibility index (Phi) is 5.12. The Morgan fingerprint density at radius 2 is 1.81 bits per heavy atom. The molecule has 5 heteroatoms. The number of rotatable bonds is 4. The van der Waals surface area contributed by atoms with E-state index in [1.807, 2.05) is 17.0 Å². The van der Waals surface area contributed by atoms with Gasteiger partial charge in [0.2, 0.25) is 5.91 Å². The van der Waals surface area contributed by atoms with Gasteiger partial charge in [-0.1, -0.05) is 30.3 Å². The first-order valence-electron chi connectivity index (χ1n) is 9.55. The van der Waals surface area contributed by atoms with Gasteiger partial charge in [-0.05, 0) is 49.9 Å². The van der Waals surface area contributed by atoms with E-state index in [4.69, 9.17) is 4.98 Å². The first-order valence-corrected chi connectivity index (χ1v) is 10.4. The molecule has 27 heavy (non-hydrogen) atoms. The summed E-state index contributed by atoms with van der Waals surface area (Å²) in [7, 11) is 0. The standard InChI is InChI=1S/C22H25N3OS/c1-15-6-5-7-16(2)21(15)23-14-20(26)25-12-10-17(11-13-25)22-24-18-8-3-4-9-19(18)27-22/h3-9,17,23H,10-14H2,1-2H3. The van der Waals surface area contributed by atoms with Crippen LogP contribution in [0.1, 0.15) is 34.9 Å². The Morgan fingerprint density at radius 3 is 2.52 bits per heavy atom. The second-order valence-corrected chi connectivity index (χ2v) is 8.36. The molecule has 0 aliphatic carbocycles. The van der Waals surface area contributed by atoms with Crippen molar-refractivity contribution in [2.45, 2.75) is 32.6 Å². The van der Waals surface area contributed by atoms with E-state index < -0.39 is 0 Å². The first kappa shape index (κ1) is 18.0. The van der Waals surface area contributed by atoms with Crippen LogP contribution in [-0.2, 0) is 4.79 Å². The van der Waals surface area contributed by atoms with Crippen molar-refractivity contribution in [2.75, 3.05) is 25.0 Å². The summed E-state index contributed by atoms with van der Waals surface area (Å²) in [6.45, 7) is 6.13. The van der Waals surface area contributed by atoms with E-state index in [0.29, 0.717) is 12.5 Å². The van der Waals surface area contributed by atoms with Gasteiger partial charge in [0.05, 0.1) is 21.8 Å². The Labute approximate surface area is 164 Å². The molecule has 1 saturated heterocycles. The average Bonchev–Trinajstić information content (AvgIpc) is 3.12. The van der Waals surface area contributed by atoms with Crippen molar-refractivity contribution in [1.29, 1.82) is 0 Å². The molecule has 0 spiro atoms. The Hall–Kier alpha value is -2.40. The maximum Gasteiger partial charge on any atom is 0.241 e. The van der Waals surface area contributed by atoms with Crippen molar-refractivity contribution < 1.29 is 4.79 Å². The molecule has 0 unspecified atom stereocenters. The highest BCUT2D eigenvalue weighted by Crippen LogP contribution is 2.33. The topological polar surface area (TPSA) is 45.2 Å². The van der Waals surface area contributed by atoms with Crippen molar-refractivity contribution in [3.05, 3.63) is 58.6 Å². The molecule has 1 amide bonds. The van der Waals surface area contributed by atoms with Crippen LogP contribution in [0, 0.1) is 13.8 Å². The summed E-state index contributed by atoms with van der Waals surface area (Å²) in [5.41, 5.74) is 4.53. The fourth-order valence-corrected chi connectivity index (χ4v) is 4.95. The number of carbonyl (C=O) groups excluding carboxylic acids is 1. The number of piperidine rings is 1. The summed E-state index contributed by atoms with van der Waals surface area (Å²) in [6.07, 6.45) is 1.99. The van der Waals surface area contributed by atoms with Gasteiger partial charge in [-0.25, -0.2) is 4.98 Å². The molecule has 0 bridgehead atoms. The lowest BCUT2D eigenvalue weighted by atomic mass is 9.97. The van der Waals surface area contributed by atoms with Crippen LogP contribution in [0.25, 0.3) is 10.2 Å². The van der Waals surface area contributed by atoms with E-state index in [2.05, 4.69) is 49.5 Å². The molecule has 1 N–H and O–H groups in total. The third-order valence-corrected chi connectivity index (χ3v) is 6.60. The van der Waals surface area contributed by atoms with Crippen LogP contribution >= 0.6 is 11.3 Å². The number of para-hydroxylation sites is 2. The number of nitrogens with one attached hydrogen (secondary N) is 1. The fraction of sp³-hybridized carbons (Fsp3) is 0.364. The minimum atomic E-state index is 0.181. The quantitative estimate of drug-likeness (QED) is 0.713. The number of carbonyl (C=O) groups is 1. The number of hydrogen-bond acceptors (Lipinski definition) is 4.